The van der Waals surface area contributed by atoms with Gasteiger partial charge in [0.2, 0.25) is 0 Å². The van der Waals surface area contributed by atoms with Gasteiger partial charge in [0.25, 0.3) is 0 Å². The van der Waals surface area contributed by atoms with Crippen molar-refractivity contribution in [3.8, 4) is 22.8 Å². The van der Waals surface area contributed by atoms with Crippen LogP contribution in [0.2, 0.25) is 0 Å². The van der Waals surface area contributed by atoms with E-state index in [0.717, 1.165) is 39.3 Å². The summed E-state index contributed by atoms with van der Waals surface area (Å²) in [6, 6.07) is 9.29. The van der Waals surface area contributed by atoms with Crippen molar-refractivity contribution >= 4 is 11.7 Å². The third-order valence-electron chi connectivity index (χ3n) is 6.27. The number of nitrogens with zero attached hydrogens (tertiary/aromatic N) is 3. The number of carbonyl (C=O) groups is 1. The number of carbonyl (C=O) groups excluding carboxylic acids is 1. The molecule has 1 aliphatic heterocycles. The van der Waals surface area contributed by atoms with E-state index in [1.807, 2.05) is 39.0 Å². The van der Waals surface area contributed by atoms with Crippen molar-refractivity contribution in [1.82, 2.24) is 14.5 Å². The number of fused-ring (bicyclic) bond motifs is 3. The molecule has 184 valence electrons. The van der Waals surface area contributed by atoms with Gasteiger partial charge in [-0.15, -0.1) is 0 Å². The fraction of sp³-hybridized carbons (Fsp3) is 0.346. The average molecular weight is 478 g/mol. The maximum atomic E-state index is 13.8. The summed E-state index contributed by atoms with van der Waals surface area (Å²) >= 11 is 0. The first-order valence-corrected chi connectivity index (χ1v) is 11.5. The average Bonchev–Trinajstić information content (AvgIpc) is 2.82. The highest BCUT2D eigenvalue weighted by Gasteiger charge is 2.26. The molecule has 2 amide bonds. The van der Waals surface area contributed by atoms with E-state index < -0.39 is 6.03 Å². The first kappa shape index (κ1) is 24.1. The van der Waals surface area contributed by atoms with Crippen LogP contribution in [-0.2, 0) is 19.5 Å². The molecule has 0 saturated heterocycles. The maximum Gasteiger partial charge on any atom is 0.330 e. The Morgan fingerprint density at radius 3 is 2.46 bits per heavy atom. The van der Waals surface area contributed by atoms with Crippen molar-refractivity contribution in [2.75, 3.05) is 20.8 Å². The van der Waals surface area contributed by atoms with Crippen molar-refractivity contribution in [2.45, 2.75) is 40.3 Å². The van der Waals surface area contributed by atoms with Crippen LogP contribution in [0.15, 0.2) is 40.1 Å². The zero-order valence-electron chi connectivity index (χ0n) is 20.8. The van der Waals surface area contributed by atoms with Crippen LogP contribution < -0.4 is 31.7 Å². The van der Waals surface area contributed by atoms with Gasteiger partial charge in [0, 0.05) is 25.2 Å². The molecule has 4 rings (SSSR count). The molecule has 0 saturated carbocycles. The molecule has 9 heteroatoms. The zero-order chi connectivity index (χ0) is 25.3. The van der Waals surface area contributed by atoms with E-state index in [-0.39, 0.29) is 18.8 Å². The van der Waals surface area contributed by atoms with Crippen LogP contribution in [0, 0.1) is 20.8 Å². The van der Waals surface area contributed by atoms with E-state index in [2.05, 4.69) is 17.4 Å². The molecule has 3 N–H and O–H groups in total. The van der Waals surface area contributed by atoms with E-state index in [1.165, 1.54) is 0 Å². The molecule has 3 aromatic rings. The molecule has 35 heavy (non-hydrogen) atoms. The van der Waals surface area contributed by atoms with Gasteiger partial charge in [0.15, 0.2) is 11.2 Å². The number of hydrogen-bond acceptors (Lipinski definition) is 5. The Morgan fingerprint density at radius 1 is 1.11 bits per heavy atom. The molecule has 2 aromatic carbocycles. The van der Waals surface area contributed by atoms with Gasteiger partial charge in [-0.25, -0.2) is 14.6 Å². The first-order chi connectivity index (χ1) is 16.7. The molecule has 0 aliphatic carbocycles. The number of benzene rings is 2. The Morgan fingerprint density at radius 2 is 1.83 bits per heavy atom. The van der Waals surface area contributed by atoms with Crippen LogP contribution in [0.1, 0.15) is 22.3 Å². The summed E-state index contributed by atoms with van der Waals surface area (Å²) in [5.74, 6) is 1.26. The number of aromatic nitrogens is 2. The fourth-order valence-corrected chi connectivity index (χ4v) is 4.77. The van der Waals surface area contributed by atoms with Crippen LogP contribution in [0.4, 0.5) is 10.5 Å². The lowest BCUT2D eigenvalue weighted by Gasteiger charge is -2.26. The normalized spacial score (nSPS) is 12.7. The van der Waals surface area contributed by atoms with Crippen molar-refractivity contribution in [3.63, 3.8) is 0 Å². The molecule has 0 unspecified atom stereocenters. The highest BCUT2D eigenvalue weighted by molar-refractivity contribution is 5.72. The molecule has 9 nitrogen and oxygen atoms in total. The van der Waals surface area contributed by atoms with Crippen LogP contribution in [-0.4, -0.2) is 35.9 Å². The Bertz CT molecular complexity index is 1410. The number of nitrogens with one attached hydrogen (secondary N) is 1. The third-order valence-corrected chi connectivity index (χ3v) is 6.27. The second-order valence-corrected chi connectivity index (χ2v) is 8.71. The lowest BCUT2D eigenvalue weighted by Crippen LogP contribution is -2.45. The Balaban J connectivity index is 2.06. The summed E-state index contributed by atoms with van der Waals surface area (Å²) in [5.41, 5.74) is 12.0. The molecular weight excluding hydrogens is 446 g/mol. The Hall–Kier alpha value is -4.01. The number of urea groups is 1. The van der Waals surface area contributed by atoms with Crippen LogP contribution >= 0.6 is 0 Å². The van der Waals surface area contributed by atoms with Crippen molar-refractivity contribution in [3.05, 3.63) is 68.6 Å². The van der Waals surface area contributed by atoms with Gasteiger partial charge < -0.3 is 20.5 Å². The summed E-state index contributed by atoms with van der Waals surface area (Å²) in [6.07, 6.45) is 0.675. The maximum absolute atomic E-state index is 13.8. The second-order valence-electron chi connectivity index (χ2n) is 8.71. The van der Waals surface area contributed by atoms with Crippen LogP contribution in [0.5, 0.6) is 11.5 Å². The van der Waals surface area contributed by atoms with Crippen molar-refractivity contribution in [1.29, 1.82) is 0 Å². The molecular formula is C26H31N5O4. The molecule has 1 aliphatic rings. The van der Waals surface area contributed by atoms with E-state index in [1.54, 1.807) is 23.4 Å². The number of ether oxygens (including phenoxy) is 2. The van der Waals surface area contributed by atoms with Gasteiger partial charge in [-0.3, -0.25) is 9.13 Å². The minimum absolute atomic E-state index is 0.180. The third kappa shape index (κ3) is 4.53. The minimum Gasteiger partial charge on any atom is -0.497 e. The number of primary amides is 1. The minimum atomic E-state index is -0.651. The summed E-state index contributed by atoms with van der Waals surface area (Å²) < 4.78 is 14.6. The number of rotatable bonds is 6. The largest absolute Gasteiger partial charge is 0.497 e. The smallest absolute Gasteiger partial charge is 0.330 e. The highest BCUT2D eigenvalue weighted by atomic mass is 16.5. The van der Waals surface area contributed by atoms with E-state index in [9.17, 15) is 9.59 Å². The lowest BCUT2D eigenvalue weighted by atomic mass is 9.97. The predicted octanol–water partition coefficient (Wildman–Crippen LogP) is 2.72. The van der Waals surface area contributed by atoms with E-state index in [4.69, 9.17) is 20.2 Å². The van der Waals surface area contributed by atoms with Crippen LogP contribution in [0.3, 0.4) is 0 Å². The van der Waals surface area contributed by atoms with Crippen LogP contribution in [0.25, 0.3) is 11.3 Å². The van der Waals surface area contributed by atoms with Gasteiger partial charge in [-0.05, 0) is 62.1 Å². The zero-order valence-corrected chi connectivity index (χ0v) is 20.8. The number of aryl methyl sites for hydroxylation is 4. The Labute approximate surface area is 203 Å². The monoisotopic (exact) mass is 477 g/mol. The van der Waals surface area contributed by atoms with Gasteiger partial charge in [-0.1, -0.05) is 17.7 Å². The summed E-state index contributed by atoms with van der Waals surface area (Å²) in [7, 11) is 3.22. The Kier molecular flexibility index (Phi) is 6.68. The molecule has 2 heterocycles. The van der Waals surface area contributed by atoms with Gasteiger partial charge >= 0.3 is 11.7 Å². The van der Waals surface area contributed by atoms with Crippen molar-refractivity contribution in [2.24, 2.45) is 10.7 Å². The number of hydrogen-bond donors (Lipinski definition) is 2. The molecule has 0 fully saturated rings. The standard InChI is InChI=1S/C26H31N5O4/c1-15-12-16(2)21(17(3)13-15)29-24-23(35-5)22-20-7-6-19(34-4)14-18(20)8-10-30(22)26(33)31(24)11-9-28-25(27)32/h6-7,12-14H,8-11H2,1-5H3,(H3,27,28,32). The molecule has 0 atom stereocenters. The molecule has 0 radical (unpaired) electrons. The molecule has 1 aromatic heterocycles. The first-order valence-electron chi connectivity index (χ1n) is 11.5. The second kappa shape index (κ2) is 9.69. The van der Waals surface area contributed by atoms with Gasteiger partial charge in [0.05, 0.1) is 25.6 Å². The molecule has 0 bridgehead atoms. The highest BCUT2D eigenvalue weighted by Crippen LogP contribution is 2.35. The summed E-state index contributed by atoms with van der Waals surface area (Å²) in [5, 5.41) is 2.56. The summed E-state index contributed by atoms with van der Waals surface area (Å²) in [6.45, 7) is 6.89. The van der Waals surface area contributed by atoms with E-state index >= 15 is 0 Å². The fourth-order valence-electron chi connectivity index (χ4n) is 4.77. The number of methoxy groups -OCH3 is 2. The predicted molar refractivity (Wildman–Crippen MR) is 134 cm³/mol. The number of amides is 2. The quantitative estimate of drug-likeness (QED) is 0.568. The van der Waals surface area contributed by atoms with Gasteiger partial charge in [0.1, 0.15) is 5.75 Å². The SMILES string of the molecule is COc1ccc2c(c1)CCn1c-2c(OC)c(=Nc2c(C)cc(C)cc2C)n(CCNC(N)=O)c1=O. The van der Waals surface area contributed by atoms with Gasteiger partial charge in [-0.2, -0.15) is 0 Å². The van der Waals surface area contributed by atoms with E-state index in [0.29, 0.717) is 29.9 Å². The topological polar surface area (TPSA) is 113 Å². The number of nitrogens with two attached hydrogens (primary N) is 1. The molecule has 0 spiro atoms. The lowest BCUT2D eigenvalue weighted by molar-refractivity contribution is 0.248. The van der Waals surface area contributed by atoms with Crippen molar-refractivity contribution < 1.29 is 14.3 Å². The summed E-state index contributed by atoms with van der Waals surface area (Å²) in [4.78, 5) is 30.0.